The van der Waals surface area contributed by atoms with Gasteiger partial charge in [0.25, 0.3) is 0 Å². The molecule has 1 rings (SSSR count). The van der Waals surface area contributed by atoms with E-state index in [-0.39, 0.29) is 24.2 Å². The molecule has 0 aromatic carbocycles. The molecule has 0 aliphatic carbocycles. The second-order valence-electron chi connectivity index (χ2n) is 3.41. The van der Waals surface area contributed by atoms with E-state index in [4.69, 9.17) is 5.11 Å². The molecule has 1 fully saturated rings. The summed E-state index contributed by atoms with van der Waals surface area (Å²) in [6.07, 6.45) is -0.118. The first-order valence-corrected chi connectivity index (χ1v) is 6.20. The van der Waals surface area contributed by atoms with E-state index in [1.54, 1.807) is 5.32 Å². The highest BCUT2D eigenvalue weighted by Crippen LogP contribution is 2.08. The normalized spacial score (nSPS) is 32.2. The molecule has 0 aromatic rings. The van der Waals surface area contributed by atoms with Crippen LogP contribution in [0.25, 0.3) is 0 Å². The first-order valence-electron chi connectivity index (χ1n) is 4.38. The van der Waals surface area contributed by atoms with E-state index in [2.05, 4.69) is 0 Å². The summed E-state index contributed by atoms with van der Waals surface area (Å²) >= 11 is 0. The largest absolute Gasteiger partial charge is 0.396 e. The summed E-state index contributed by atoms with van der Waals surface area (Å²) in [7, 11) is -3.03. The van der Waals surface area contributed by atoms with Crippen molar-refractivity contribution in [1.82, 2.24) is 0 Å². The van der Waals surface area contributed by atoms with E-state index in [1.807, 2.05) is 0 Å². The van der Waals surface area contributed by atoms with Crippen molar-refractivity contribution >= 4 is 9.84 Å². The van der Waals surface area contributed by atoms with E-state index in [1.165, 1.54) is 0 Å². The van der Waals surface area contributed by atoms with Crippen LogP contribution in [0.1, 0.15) is 6.42 Å². The van der Waals surface area contributed by atoms with E-state index in [9.17, 15) is 13.5 Å². The standard InChI is InChI=1S/C7H15NO4S/c9-3-1-2-8-6-4-13(11,12)5-7(6)10/h6-10H,1-5H2/p+1/t6-,7+/m0/s1. The van der Waals surface area contributed by atoms with Crippen LogP contribution >= 0.6 is 0 Å². The van der Waals surface area contributed by atoms with Crippen molar-refractivity contribution in [2.75, 3.05) is 24.7 Å². The summed E-state index contributed by atoms with van der Waals surface area (Å²) in [6, 6.07) is -0.239. The fourth-order valence-corrected chi connectivity index (χ4v) is 3.35. The molecule has 2 atom stereocenters. The lowest BCUT2D eigenvalue weighted by Crippen LogP contribution is -2.92. The minimum atomic E-state index is -3.03. The minimum absolute atomic E-state index is 0.0552. The molecule has 4 N–H and O–H groups in total. The number of aliphatic hydroxyl groups excluding tert-OH is 2. The molecule has 0 bridgehead atoms. The van der Waals surface area contributed by atoms with Crippen molar-refractivity contribution < 1.29 is 23.9 Å². The molecule has 0 aromatic heterocycles. The van der Waals surface area contributed by atoms with Gasteiger partial charge in [0.1, 0.15) is 17.9 Å². The van der Waals surface area contributed by atoms with Gasteiger partial charge in [-0.05, 0) is 0 Å². The summed E-state index contributed by atoms with van der Waals surface area (Å²) in [5, 5.41) is 19.7. The number of quaternary nitrogens is 1. The summed E-state index contributed by atoms with van der Waals surface area (Å²) < 4.78 is 22.1. The summed E-state index contributed by atoms with van der Waals surface area (Å²) in [4.78, 5) is 0. The summed E-state index contributed by atoms with van der Waals surface area (Å²) in [5.41, 5.74) is 0. The number of aliphatic hydroxyl groups is 2. The zero-order valence-electron chi connectivity index (χ0n) is 7.39. The predicted molar refractivity (Wildman–Crippen MR) is 46.9 cm³/mol. The Morgan fingerprint density at radius 3 is 2.54 bits per heavy atom. The molecule has 5 nitrogen and oxygen atoms in total. The number of hydrogen-bond acceptors (Lipinski definition) is 4. The lowest BCUT2D eigenvalue weighted by atomic mass is 10.2. The quantitative estimate of drug-likeness (QED) is 0.434. The van der Waals surface area contributed by atoms with Crippen molar-refractivity contribution in [2.45, 2.75) is 18.6 Å². The van der Waals surface area contributed by atoms with Crippen molar-refractivity contribution in [3.8, 4) is 0 Å². The maximum Gasteiger partial charge on any atom is 0.159 e. The lowest BCUT2D eigenvalue weighted by molar-refractivity contribution is -0.690. The molecule has 1 aliphatic rings. The topological polar surface area (TPSA) is 91.2 Å². The van der Waals surface area contributed by atoms with Crippen LogP contribution in [0, 0.1) is 0 Å². The molecule has 6 heteroatoms. The van der Waals surface area contributed by atoms with Gasteiger partial charge in [0.15, 0.2) is 9.84 Å². The van der Waals surface area contributed by atoms with Gasteiger partial charge < -0.3 is 15.5 Å². The third kappa shape index (κ3) is 3.22. The first-order chi connectivity index (χ1) is 6.05. The van der Waals surface area contributed by atoms with Gasteiger partial charge in [-0.3, -0.25) is 0 Å². The van der Waals surface area contributed by atoms with Crippen LogP contribution in [0.5, 0.6) is 0 Å². The second-order valence-corrected chi connectivity index (χ2v) is 5.56. The van der Waals surface area contributed by atoms with Crippen LogP contribution < -0.4 is 5.32 Å². The lowest BCUT2D eigenvalue weighted by Gasteiger charge is -2.10. The smallest absolute Gasteiger partial charge is 0.159 e. The first kappa shape index (κ1) is 10.9. The van der Waals surface area contributed by atoms with Crippen LogP contribution in [-0.2, 0) is 9.84 Å². The van der Waals surface area contributed by atoms with Gasteiger partial charge in [0, 0.05) is 13.0 Å². The number of sulfone groups is 1. The molecule has 0 spiro atoms. The van der Waals surface area contributed by atoms with Crippen molar-refractivity contribution in [3.05, 3.63) is 0 Å². The Labute approximate surface area is 77.7 Å². The Bertz CT molecular complexity index is 251. The molecule has 1 heterocycles. The van der Waals surface area contributed by atoms with E-state index >= 15 is 0 Å². The maximum absolute atomic E-state index is 11.1. The number of hydrogen-bond donors (Lipinski definition) is 3. The molecule has 1 saturated heterocycles. The Hall–Kier alpha value is -0.170. The minimum Gasteiger partial charge on any atom is -0.396 e. The predicted octanol–water partition coefficient (Wildman–Crippen LogP) is -2.91. The van der Waals surface area contributed by atoms with Crippen molar-refractivity contribution in [1.29, 1.82) is 0 Å². The van der Waals surface area contributed by atoms with Crippen LogP contribution in [0.4, 0.5) is 0 Å². The second kappa shape index (κ2) is 4.36. The molecule has 0 radical (unpaired) electrons. The molecule has 0 amide bonds. The van der Waals surface area contributed by atoms with Gasteiger partial charge in [-0.25, -0.2) is 8.42 Å². The molecule has 1 aliphatic heterocycles. The highest BCUT2D eigenvalue weighted by Gasteiger charge is 2.38. The van der Waals surface area contributed by atoms with Crippen LogP contribution in [0.15, 0.2) is 0 Å². The summed E-state index contributed by atoms with van der Waals surface area (Å²) in [6.45, 7) is 0.764. The fourth-order valence-electron chi connectivity index (χ4n) is 1.50. The molecular weight excluding hydrogens is 194 g/mol. The monoisotopic (exact) mass is 210 g/mol. The van der Waals surface area contributed by atoms with E-state index in [0.717, 1.165) is 0 Å². The van der Waals surface area contributed by atoms with Crippen molar-refractivity contribution in [3.63, 3.8) is 0 Å². The molecule has 0 unspecified atom stereocenters. The number of rotatable bonds is 4. The van der Waals surface area contributed by atoms with Crippen LogP contribution in [0.2, 0.25) is 0 Å². The van der Waals surface area contributed by atoms with E-state index in [0.29, 0.717) is 13.0 Å². The third-order valence-electron chi connectivity index (χ3n) is 2.20. The zero-order valence-corrected chi connectivity index (χ0v) is 8.20. The van der Waals surface area contributed by atoms with Gasteiger partial charge in [-0.15, -0.1) is 0 Å². The van der Waals surface area contributed by atoms with Gasteiger partial charge in [-0.2, -0.15) is 0 Å². The number of nitrogens with two attached hydrogens (primary N) is 1. The maximum atomic E-state index is 11.1. The Balaban J connectivity index is 2.36. The molecular formula is C7H16NO4S+. The van der Waals surface area contributed by atoms with Gasteiger partial charge in [0.2, 0.25) is 0 Å². The average Bonchev–Trinajstić information content (AvgIpc) is 2.25. The molecule has 0 saturated carbocycles. The molecule has 13 heavy (non-hydrogen) atoms. The summed E-state index contributed by atoms with van der Waals surface area (Å²) in [5.74, 6) is -0.0626. The van der Waals surface area contributed by atoms with Crippen LogP contribution in [0.3, 0.4) is 0 Å². The SMILES string of the molecule is O=S1(=O)C[C@@H](O)[C@@H]([NH2+]CCCO)C1. The molecule has 78 valence electrons. The zero-order chi connectivity index (χ0) is 9.90. The van der Waals surface area contributed by atoms with Gasteiger partial charge >= 0.3 is 0 Å². The third-order valence-corrected chi connectivity index (χ3v) is 3.94. The average molecular weight is 210 g/mol. The Morgan fingerprint density at radius 2 is 2.08 bits per heavy atom. The fraction of sp³-hybridized carbons (Fsp3) is 1.00. The van der Waals surface area contributed by atoms with Crippen LogP contribution in [-0.4, -0.2) is 55.4 Å². The van der Waals surface area contributed by atoms with Gasteiger partial charge in [0.05, 0.1) is 12.3 Å². The Kier molecular flexibility index (Phi) is 3.66. The highest BCUT2D eigenvalue weighted by molar-refractivity contribution is 7.91. The highest BCUT2D eigenvalue weighted by atomic mass is 32.2. The van der Waals surface area contributed by atoms with E-state index < -0.39 is 15.9 Å². The Morgan fingerprint density at radius 1 is 1.38 bits per heavy atom. The van der Waals surface area contributed by atoms with Crippen molar-refractivity contribution in [2.24, 2.45) is 0 Å². The van der Waals surface area contributed by atoms with Gasteiger partial charge in [-0.1, -0.05) is 0 Å².